The van der Waals surface area contributed by atoms with Crippen LogP contribution < -0.4 is 11.1 Å². The number of aliphatic carboxylic acids is 1. The van der Waals surface area contributed by atoms with E-state index in [1.165, 1.54) is 44.9 Å². The molecule has 0 saturated carbocycles. The molecule has 0 bridgehead atoms. The molecule has 1 aromatic heterocycles. The first kappa shape index (κ1) is 22.9. The number of carboxylic acid groups (broad SMARTS) is 1. The molecule has 0 saturated heterocycles. The fourth-order valence-electron chi connectivity index (χ4n) is 3.13. The summed E-state index contributed by atoms with van der Waals surface area (Å²) in [7, 11) is 0. The molecule has 0 aliphatic rings. The van der Waals surface area contributed by atoms with Gasteiger partial charge in [-0.05, 0) is 18.6 Å². The second-order valence-electron chi connectivity index (χ2n) is 7.21. The number of carbonyl (C=O) groups is 2. The normalized spacial score (nSPS) is 11.9. The summed E-state index contributed by atoms with van der Waals surface area (Å²) in [6.07, 6.45) is 12.6. The van der Waals surface area contributed by atoms with Gasteiger partial charge in [-0.2, -0.15) is 0 Å². The van der Waals surface area contributed by atoms with Gasteiger partial charge >= 0.3 is 5.97 Å². The van der Waals surface area contributed by atoms with Crippen LogP contribution in [0.4, 0.5) is 11.6 Å². The number of carboxylic acids is 1. The maximum absolute atomic E-state index is 12.1. The Labute approximate surface area is 162 Å². The van der Waals surface area contributed by atoms with Crippen molar-refractivity contribution >= 4 is 23.5 Å². The van der Waals surface area contributed by atoms with Gasteiger partial charge in [0.25, 0.3) is 0 Å². The smallest absolute Gasteiger partial charge is 0.307 e. The second kappa shape index (κ2) is 14.0. The molecule has 1 atom stereocenters. The van der Waals surface area contributed by atoms with Gasteiger partial charge < -0.3 is 16.2 Å². The predicted molar refractivity (Wildman–Crippen MR) is 109 cm³/mol. The number of rotatable bonds is 15. The minimum Gasteiger partial charge on any atom is -0.481 e. The van der Waals surface area contributed by atoms with Gasteiger partial charge in [0.2, 0.25) is 5.91 Å². The summed E-state index contributed by atoms with van der Waals surface area (Å²) in [6.45, 7) is 2.22. The molecule has 1 heterocycles. The Morgan fingerprint density at radius 3 is 2.19 bits per heavy atom. The largest absolute Gasteiger partial charge is 0.481 e. The number of carbonyl (C=O) groups excluding carboxylic acids is 1. The number of nitrogens with one attached hydrogen (secondary N) is 1. The molecular formula is C21H35N3O3. The van der Waals surface area contributed by atoms with Crippen molar-refractivity contribution in [2.24, 2.45) is 5.92 Å². The lowest BCUT2D eigenvalue weighted by atomic mass is 9.96. The van der Waals surface area contributed by atoms with Crippen LogP contribution in [0.2, 0.25) is 0 Å². The third kappa shape index (κ3) is 11.3. The SMILES string of the molecule is CCCCCCCCCCCCC(CC(=O)Nc1cccc(N)n1)C(=O)O. The van der Waals surface area contributed by atoms with Crippen molar-refractivity contribution < 1.29 is 14.7 Å². The van der Waals surface area contributed by atoms with E-state index in [4.69, 9.17) is 5.73 Å². The highest BCUT2D eigenvalue weighted by atomic mass is 16.4. The highest BCUT2D eigenvalue weighted by molar-refractivity contribution is 5.92. The Kier molecular flexibility index (Phi) is 11.9. The Hall–Kier alpha value is -2.11. The number of nitrogens with zero attached hydrogens (tertiary/aromatic N) is 1. The molecule has 1 amide bonds. The fourth-order valence-corrected chi connectivity index (χ4v) is 3.13. The van der Waals surface area contributed by atoms with Crippen LogP contribution in [0.3, 0.4) is 0 Å². The minimum atomic E-state index is -0.915. The summed E-state index contributed by atoms with van der Waals surface area (Å²) in [6, 6.07) is 4.95. The number of nitrogen functional groups attached to an aromatic ring is 1. The number of hydrogen-bond donors (Lipinski definition) is 3. The van der Waals surface area contributed by atoms with Crippen molar-refractivity contribution in [2.75, 3.05) is 11.1 Å². The zero-order valence-electron chi connectivity index (χ0n) is 16.6. The van der Waals surface area contributed by atoms with Crippen LogP contribution >= 0.6 is 0 Å². The lowest BCUT2D eigenvalue weighted by Crippen LogP contribution is -2.22. The van der Waals surface area contributed by atoms with Gasteiger partial charge in [0, 0.05) is 6.42 Å². The van der Waals surface area contributed by atoms with Gasteiger partial charge in [-0.3, -0.25) is 9.59 Å². The summed E-state index contributed by atoms with van der Waals surface area (Å²) in [5.41, 5.74) is 5.57. The van der Waals surface area contributed by atoms with Gasteiger partial charge in [0.1, 0.15) is 11.6 Å². The van der Waals surface area contributed by atoms with Crippen molar-refractivity contribution in [2.45, 2.75) is 84.0 Å². The molecule has 27 heavy (non-hydrogen) atoms. The lowest BCUT2D eigenvalue weighted by molar-refractivity contribution is -0.143. The van der Waals surface area contributed by atoms with E-state index in [0.29, 0.717) is 18.1 Å². The Morgan fingerprint density at radius 2 is 1.63 bits per heavy atom. The standard InChI is InChI=1S/C21H35N3O3/c1-2-3-4-5-6-7-8-9-10-11-13-17(21(26)27)16-20(25)24-19-15-12-14-18(22)23-19/h12,14-15,17H,2-11,13,16H2,1H3,(H,26,27)(H3,22,23,24,25). The molecule has 0 aromatic carbocycles. The summed E-state index contributed by atoms with van der Waals surface area (Å²) < 4.78 is 0. The van der Waals surface area contributed by atoms with Crippen molar-refractivity contribution in [3.05, 3.63) is 18.2 Å². The Morgan fingerprint density at radius 1 is 1.04 bits per heavy atom. The number of hydrogen-bond acceptors (Lipinski definition) is 4. The van der Waals surface area contributed by atoms with Crippen LogP contribution in [0, 0.1) is 5.92 Å². The molecule has 1 aromatic rings. The summed E-state index contributed by atoms with van der Waals surface area (Å²) in [5.74, 6) is -1.25. The maximum Gasteiger partial charge on any atom is 0.307 e. The van der Waals surface area contributed by atoms with Crippen LogP contribution in [0.15, 0.2) is 18.2 Å². The predicted octanol–water partition coefficient (Wildman–Crippen LogP) is 5.00. The highest BCUT2D eigenvalue weighted by Gasteiger charge is 2.21. The van der Waals surface area contributed by atoms with Gasteiger partial charge in [0.05, 0.1) is 5.92 Å². The first-order valence-electron chi connectivity index (χ1n) is 10.3. The molecule has 1 unspecified atom stereocenters. The third-order valence-corrected chi connectivity index (χ3v) is 4.73. The first-order valence-corrected chi connectivity index (χ1v) is 10.3. The Balaban J connectivity index is 2.18. The number of unbranched alkanes of at least 4 members (excludes halogenated alkanes) is 9. The zero-order chi connectivity index (χ0) is 19.9. The molecule has 152 valence electrons. The van der Waals surface area contributed by atoms with E-state index in [9.17, 15) is 14.7 Å². The van der Waals surface area contributed by atoms with E-state index in [2.05, 4.69) is 17.2 Å². The topological polar surface area (TPSA) is 105 Å². The molecule has 1 rings (SSSR count). The number of aromatic nitrogens is 1. The van der Waals surface area contributed by atoms with Gasteiger partial charge in [0.15, 0.2) is 0 Å². The number of amides is 1. The van der Waals surface area contributed by atoms with Crippen LogP contribution in [-0.4, -0.2) is 22.0 Å². The van der Waals surface area contributed by atoms with E-state index >= 15 is 0 Å². The average molecular weight is 378 g/mol. The van der Waals surface area contributed by atoms with Gasteiger partial charge in [-0.1, -0.05) is 77.2 Å². The van der Waals surface area contributed by atoms with Crippen molar-refractivity contribution in [3.63, 3.8) is 0 Å². The highest BCUT2D eigenvalue weighted by Crippen LogP contribution is 2.17. The molecule has 4 N–H and O–H groups in total. The van der Waals surface area contributed by atoms with Crippen LogP contribution in [0.5, 0.6) is 0 Å². The van der Waals surface area contributed by atoms with Crippen LogP contribution in [0.1, 0.15) is 84.0 Å². The van der Waals surface area contributed by atoms with E-state index in [-0.39, 0.29) is 12.3 Å². The van der Waals surface area contributed by atoms with Crippen LogP contribution in [0.25, 0.3) is 0 Å². The van der Waals surface area contributed by atoms with Gasteiger partial charge in [-0.15, -0.1) is 0 Å². The van der Waals surface area contributed by atoms with Crippen LogP contribution in [-0.2, 0) is 9.59 Å². The molecule has 6 nitrogen and oxygen atoms in total. The first-order chi connectivity index (χ1) is 13.0. The summed E-state index contributed by atoms with van der Waals surface area (Å²) in [4.78, 5) is 27.5. The second-order valence-corrected chi connectivity index (χ2v) is 7.21. The quantitative estimate of drug-likeness (QED) is 0.373. The van der Waals surface area contributed by atoms with Crippen molar-refractivity contribution in [3.8, 4) is 0 Å². The van der Waals surface area contributed by atoms with Crippen molar-refractivity contribution in [1.82, 2.24) is 4.98 Å². The number of anilines is 2. The zero-order valence-corrected chi connectivity index (χ0v) is 16.6. The minimum absolute atomic E-state index is 0.0385. The van der Waals surface area contributed by atoms with E-state index in [0.717, 1.165) is 19.3 Å². The molecule has 0 spiro atoms. The number of pyridine rings is 1. The fraction of sp³-hybridized carbons (Fsp3) is 0.667. The Bertz CT molecular complexity index is 563. The molecule has 6 heteroatoms. The molecule has 0 aliphatic heterocycles. The summed E-state index contributed by atoms with van der Waals surface area (Å²) in [5, 5.41) is 12.0. The van der Waals surface area contributed by atoms with E-state index in [1.54, 1.807) is 18.2 Å². The van der Waals surface area contributed by atoms with Crippen molar-refractivity contribution in [1.29, 1.82) is 0 Å². The van der Waals surface area contributed by atoms with Gasteiger partial charge in [-0.25, -0.2) is 4.98 Å². The maximum atomic E-state index is 12.1. The molecular weight excluding hydrogens is 342 g/mol. The molecule has 0 radical (unpaired) electrons. The number of nitrogens with two attached hydrogens (primary N) is 1. The monoisotopic (exact) mass is 377 g/mol. The third-order valence-electron chi connectivity index (χ3n) is 4.73. The summed E-state index contributed by atoms with van der Waals surface area (Å²) >= 11 is 0. The molecule has 0 aliphatic carbocycles. The van der Waals surface area contributed by atoms with E-state index < -0.39 is 11.9 Å². The lowest BCUT2D eigenvalue weighted by Gasteiger charge is -2.12. The average Bonchev–Trinajstić information content (AvgIpc) is 2.62. The van der Waals surface area contributed by atoms with E-state index in [1.807, 2.05) is 0 Å². The molecule has 0 fully saturated rings.